The number of imide groups is 2. The van der Waals surface area contributed by atoms with Gasteiger partial charge < -0.3 is 9.47 Å². The zero-order valence-corrected chi connectivity index (χ0v) is 19.7. The predicted molar refractivity (Wildman–Crippen MR) is 129 cm³/mol. The fourth-order valence-corrected chi connectivity index (χ4v) is 3.95. The van der Waals surface area contributed by atoms with Crippen LogP contribution in [0, 0.1) is 5.82 Å². The van der Waals surface area contributed by atoms with E-state index in [-0.39, 0.29) is 44.8 Å². The third-order valence-electron chi connectivity index (χ3n) is 5.10. The number of benzene rings is 3. The number of anilines is 1. The van der Waals surface area contributed by atoms with Gasteiger partial charge in [-0.25, -0.2) is 14.1 Å². The molecule has 4 amide bonds. The minimum absolute atomic E-state index is 0.0836. The number of hydrogen-bond donors (Lipinski definition) is 1. The van der Waals surface area contributed by atoms with Crippen molar-refractivity contribution < 1.29 is 28.2 Å². The Morgan fingerprint density at radius 3 is 2.43 bits per heavy atom. The number of halogens is 3. The summed E-state index contributed by atoms with van der Waals surface area (Å²) in [4.78, 5) is 39.0. The van der Waals surface area contributed by atoms with Crippen molar-refractivity contribution in [1.29, 1.82) is 0 Å². The van der Waals surface area contributed by atoms with Crippen LogP contribution in [0.5, 0.6) is 11.5 Å². The number of rotatable bonds is 6. The number of nitrogens with one attached hydrogen (secondary N) is 1. The minimum atomic E-state index is -0.902. The first-order chi connectivity index (χ1) is 16.8. The molecule has 1 aliphatic heterocycles. The number of nitrogens with zero attached hydrogens (tertiary/aromatic N) is 1. The molecule has 0 aromatic heterocycles. The van der Waals surface area contributed by atoms with Crippen molar-refractivity contribution in [3.63, 3.8) is 0 Å². The molecule has 1 saturated heterocycles. The second kappa shape index (κ2) is 10.2. The highest BCUT2D eigenvalue weighted by Crippen LogP contribution is 2.35. The van der Waals surface area contributed by atoms with Crippen LogP contribution in [0.3, 0.4) is 0 Å². The molecule has 0 spiro atoms. The van der Waals surface area contributed by atoms with E-state index in [2.05, 4.69) is 5.32 Å². The molecule has 178 valence electrons. The maximum absolute atomic E-state index is 14.0. The third-order valence-corrected chi connectivity index (χ3v) is 5.60. The van der Waals surface area contributed by atoms with E-state index < -0.39 is 23.7 Å². The molecule has 0 bridgehead atoms. The van der Waals surface area contributed by atoms with Gasteiger partial charge in [-0.05, 0) is 48.5 Å². The summed E-state index contributed by atoms with van der Waals surface area (Å²) in [6.45, 7) is -0.166. The van der Waals surface area contributed by atoms with Crippen molar-refractivity contribution in [3.05, 3.63) is 93.2 Å². The lowest BCUT2D eigenvalue weighted by molar-refractivity contribution is -0.122. The molecule has 3 aromatic carbocycles. The van der Waals surface area contributed by atoms with Crippen LogP contribution in [0.25, 0.3) is 6.08 Å². The average Bonchev–Trinajstić information content (AvgIpc) is 2.82. The van der Waals surface area contributed by atoms with E-state index in [4.69, 9.17) is 32.7 Å². The summed E-state index contributed by atoms with van der Waals surface area (Å²) < 4.78 is 24.9. The summed E-state index contributed by atoms with van der Waals surface area (Å²) in [5, 5.41) is 2.45. The maximum Gasteiger partial charge on any atom is 0.335 e. The highest BCUT2D eigenvalue weighted by atomic mass is 35.5. The van der Waals surface area contributed by atoms with Crippen molar-refractivity contribution in [1.82, 2.24) is 5.32 Å². The van der Waals surface area contributed by atoms with Gasteiger partial charge in [0.2, 0.25) is 0 Å². The number of barbiturate groups is 1. The van der Waals surface area contributed by atoms with Crippen LogP contribution in [-0.4, -0.2) is 25.0 Å². The molecule has 1 N–H and O–H groups in total. The van der Waals surface area contributed by atoms with Gasteiger partial charge in [-0.2, -0.15) is 0 Å². The van der Waals surface area contributed by atoms with Crippen LogP contribution in [-0.2, 0) is 16.2 Å². The zero-order chi connectivity index (χ0) is 25.1. The van der Waals surface area contributed by atoms with E-state index in [0.717, 1.165) is 4.90 Å². The predicted octanol–water partition coefficient (Wildman–Crippen LogP) is 5.39. The normalized spacial score (nSPS) is 14.8. The molecule has 35 heavy (non-hydrogen) atoms. The number of carbonyl (C=O) groups is 3. The van der Waals surface area contributed by atoms with Crippen LogP contribution in [0.4, 0.5) is 14.9 Å². The van der Waals surface area contributed by atoms with Gasteiger partial charge in [0.05, 0.1) is 17.8 Å². The van der Waals surface area contributed by atoms with Crippen molar-refractivity contribution in [2.24, 2.45) is 0 Å². The fourth-order valence-electron chi connectivity index (χ4n) is 3.38. The minimum Gasteiger partial charge on any atom is -0.497 e. The summed E-state index contributed by atoms with van der Waals surface area (Å²) in [5.41, 5.74) is 0.350. The molecule has 1 heterocycles. The van der Waals surface area contributed by atoms with Gasteiger partial charge in [0.25, 0.3) is 11.8 Å². The van der Waals surface area contributed by atoms with E-state index in [1.54, 1.807) is 30.3 Å². The molecule has 4 rings (SSSR count). The monoisotopic (exact) mass is 514 g/mol. The van der Waals surface area contributed by atoms with Gasteiger partial charge in [-0.1, -0.05) is 41.4 Å². The Kier molecular flexibility index (Phi) is 7.04. The summed E-state index contributed by atoms with van der Waals surface area (Å²) in [7, 11) is 1.48. The Morgan fingerprint density at radius 2 is 1.74 bits per heavy atom. The van der Waals surface area contributed by atoms with Crippen LogP contribution < -0.4 is 19.7 Å². The number of urea groups is 1. The summed E-state index contributed by atoms with van der Waals surface area (Å²) in [5.74, 6) is -1.62. The van der Waals surface area contributed by atoms with Gasteiger partial charge in [-0.3, -0.25) is 14.9 Å². The lowest BCUT2D eigenvalue weighted by atomic mass is 10.1. The van der Waals surface area contributed by atoms with Gasteiger partial charge >= 0.3 is 6.03 Å². The fraction of sp³-hybridized carbons (Fsp3) is 0.0800. The first-order valence-corrected chi connectivity index (χ1v) is 10.9. The number of methoxy groups -OCH3 is 1. The van der Waals surface area contributed by atoms with Crippen molar-refractivity contribution >= 4 is 52.8 Å². The quantitative estimate of drug-likeness (QED) is 0.352. The molecule has 0 unspecified atom stereocenters. The first-order valence-electron chi connectivity index (χ1n) is 10.2. The number of hydrogen-bond acceptors (Lipinski definition) is 5. The summed E-state index contributed by atoms with van der Waals surface area (Å²) >= 11 is 12.5. The Morgan fingerprint density at radius 1 is 1.03 bits per heavy atom. The summed E-state index contributed by atoms with van der Waals surface area (Å²) in [6.07, 6.45) is 1.22. The molecule has 1 aliphatic rings. The number of ether oxygens (including phenoxy) is 2. The van der Waals surface area contributed by atoms with E-state index in [1.807, 2.05) is 0 Å². The molecule has 7 nitrogen and oxygen atoms in total. The summed E-state index contributed by atoms with van der Waals surface area (Å²) in [6, 6.07) is 14.1. The van der Waals surface area contributed by atoms with Gasteiger partial charge in [0.15, 0.2) is 0 Å². The smallest absolute Gasteiger partial charge is 0.335 e. The van der Waals surface area contributed by atoms with Crippen molar-refractivity contribution in [3.8, 4) is 11.5 Å². The van der Waals surface area contributed by atoms with Crippen molar-refractivity contribution in [2.75, 3.05) is 12.0 Å². The topological polar surface area (TPSA) is 84.9 Å². The van der Waals surface area contributed by atoms with Crippen LogP contribution in [0.1, 0.15) is 11.1 Å². The molecule has 0 saturated carbocycles. The molecule has 0 atom stereocenters. The molecule has 1 fully saturated rings. The van der Waals surface area contributed by atoms with E-state index in [0.29, 0.717) is 5.75 Å². The average molecular weight is 515 g/mol. The van der Waals surface area contributed by atoms with Gasteiger partial charge in [-0.15, -0.1) is 0 Å². The van der Waals surface area contributed by atoms with Crippen LogP contribution >= 0.6 is 23.2 Å². The molecule has 3 aromatic rings. The molecular weight excluding hydrogens is 498 g/mol. The second-order valence-corrected chi connectivity index (χ2v) is 8.19. The number of carbonyl (C=O) groups excluding carboxylic acids is 3. The van der Waals surface area contributed by atoms with Crippen LogP contribution in [0.15, 0.2) is 66.2 Å². The second-order valence-electron chi connectivity index (χ2n) is 7.34. The van der Waals surface area contributed by atoms with E-state index in [9.17, 15) is 18.8 Å². The Bertz CT molecular complexity index is 1360. The Labute approximate surface area is 209 Å². The zero-order valence-electron chi connectivity index (χ0n) is 18.2. The van der Waals surface area contributed by atoms with E-state index in [1.165, 1.54) is 43.5 Å². The molecule has 0 aliphatic carbocycles. The SMILES string of the molecule is COc1ccc(N2C(=O)NC(=O)/C(=C\c3cc(Cl)cc(Cl)c3OCc3ccccc3F)C2=O)cc1. The lowest BCUT2D eigenvalue weighted by Crippen LogP contribution is -2.54. The van der Waals surface area contributed by atoms with Gasteiger partial charge in [0.1, 0.15) is 29.5 Å². The largest absolute Gasteiger partial charge is 0.497 e. The lowest BCUT2D eigenvalue weighted by Gasteiger charge is -2.26. The first kappa shape index (κ1) is 24.3. The molecule has 10 heteroatoms. The highest BCUT2D eigenvalue weighted by molar-refractivity contribution is 6.40. The highest BCUT2D eigenvalue weighted by Gasteiger charge is 2.37. The standard InChI is InChI=1S/C25H17Cl2FN2O5/c1-34-18-8-6-17(7-9-18)30-24(32)19(23(31)29-25(30)33)11-15-10-16(26)12-20(27)22(15)35-13-14-4-2-3-5-21(14)28/h2-12H,13H2,1H3,(H,29,31,33)/b19-11+. The molecular formula is C25H17Cl2FN2O5. The van der Waals surface area contributed by atoms with Crippen LogP contribution in [0.2, 0.25) is 10.0 Å². The third kappa shape index (κ3) is 5.13. The Balaban J connectivity index is 1.71. The number of amides is 4. The van der Waals surface area contributed by atoms with Crippen molar-refractivity contribution in [2.45, 2.75) is 6.61 Å². The van der Waals surface area contributed by atoms with E-state index >= 15 is 0 Å². The molecule has 0 radical (unpaired) electrons. The Hall–Kier alpha value is -3.88. The maximum atomic E-state index is 14.0. The van der Waals surface area contributed by atoms with Gasteiger partial charge in [0, 0.05) is 16.1 Å².